The fourth-order valence-electron chi connectivity index (χ4n) is 2.29. The minimum atomic E-state index is -4.02. The van der Waals surface area contributed by atoms with E-state index in [-0.39, 0.29) is 16.3 Å². The van der Waals surface area contributed by atoms with E-state index in [1.807, 2.05) is 6.92 Å². The van der Waals surface area contributed by atoms with E-state index in [0.717, 1.165) is 11.1 Å². The number of hydrogen-bond acceptors (Lipinski definition) is 4. The number of aryl methyl sites for hydroxylation is 2. The molecule has 0 aliphatic carbocycles. The summed E-state index contributed by atoms with van der Waals surface area (Å²) in [6.07, 6.45) is 0. The number of methoxy groups -OCH3 is 1. The first-order valence-electron chi connectivity index (χ1n) is 7.88. The molecule has 8 heteroatoms. The third-order valence-electron chi connectivity index (χ3n) is 3.93. The Balaban J connectivity index is 2.22. The Kier molecular flexibility index (Phi) is 5.99. The average molecular weight is 380 g/mol. The van der Waals surface area contributed by atoms with E-state index in [1.165, 1.54) is 38.3 Å². The fraction of sp³-hybridized carbons (Fsp3) is 0.278. The summed E-state index contributed by atoms with van der Waals surface area (Å²) in [5.74, 6) is -1.10. The van der Waals surface area contributed by atoms with Crippen LogP contribution in [0.4, 0.5) is 10.1 Å². The van der Waals surface area contributed by atoms with Crippen LogP contribution in [0.2, 0.25) is 0 Å². The summed E-state index contributed by atoms with van der Waals surface area (Å²) in [5.41, 5.74) is 1.63. The SMILES string of the molecule is COc1cc(C)c(C)cc1S(=O)(=O)NC(C)C(=O)Nc1ccccc1F. The lowest BCUT2D eigenvalue weighted by Crippen LogP contribution is -2.41. The van der Waals surface area contributed by atoms with Gasteiger partial charge >= 0.3 is 0 Å². The molecule has 6 nitrogen and oxygen atoms in total. The molecule has 140 valence electrons. The van der Waals surface area contributed by atoms with E-state index in [1.54, 1.807) is 19.1 Å². The molecular weight excluding hydrogens is 359 g/mol. The van der Waals surface area contributed by atoms with Crippen LogP contribution in [0.1, 0.15) is 18.1 Å². The van der Waals surface area contributed by atoms with E-state index in [9.17, 15) is 17.6 Å². The lowest BCUT2D eigenvalue weighted by Gasteiger charge is -2.17. The Hall–Kier alpha value is -2.45. The molecule has 2 aromatic carbocycles. The largest absolute Gasteiger partial charge is 0.495 e. The van der Waals surface area contributed by atoms with Gasteiger partial charge in [-0.2, -0.15) is 4.72 Å². The van der Waals surface area contributed by atoms with E-state index in [4.69, 9.17) is 4.74 Å². The molecule has 0 spiro atoms. The van der Waals surface area contributed by atoms with Crippen molar-refractivity contribution < 1.29 is 22.3 Å². The van der Waals surface area contributed by atoms with Gasteiger partial charge in [0.05, 0.1) is 18.8 Å². The summed E-state index contributed by atoms with van der Waals surface area (Å²) in [6, 6.07) is 7.62. The molecule has 0 aromatic heterocycles. The van der Waals surface area contributed by atoms with Crippen LogP contribution < -0.4 is 14.8 Å². The maximum absolute atomic E-state index is 13.6. The van der Waals surface area contributed by atoms with Gasteiger partial charge in [0.15, 0.2) is 0 Å². The molecular formula is C18H21FN2O4S. The van der Waals surface area contributed by atoms with Gasteiger partial charge in [-0.25, -0.2) is 12.8 Å². The summed E-state index contributed by atoms with van der Waals surface area (Å²) < 4.78 is 46.4. The van der Waals surface area contributed by atoms with Gasteiger partial charge in [0.25, 0.3) is 0 Å². The molecule has 2 rings (SSSR count). The van der Waals surface area contributed by atoms with Crippen molar-refractivity contribution in [1.29, 1.82) is 0 Å². The number of nitrogens with one attached hydrogen (secondary N) is 2. The zero-order chi connectivity index (χ0) is 19.5. The number of carbonyl (C=O) groups is 1. The van der Waals surface area contributed by atoms with Crippen molar-refractivity contribution in [3.63, 3.8) is 0 Å². The highest BCUT2D eigenvalue weighted by Gasteiger charge is 2.26. The second kappa shape index (κ2) is 7.84. The zero-order valence-corrected chi connectivity index (χ0v) is 15.8. The number of rotatable bonds is 6. The van der Waals surface area contributed by atoms with Crippen LogP contribution in [0.15, 0.2) is 41.3 Å². The Morgan fingerprint density at radius 3 is 2.38 bits per heavy atom. The maximum Gasteiger partial charge on any atom is 0.244 e. The van der Waals surface area contributed by atoms with Crippen molar-refractivity contribution in [1.82, 2.24) is 4.72 Å². The quantitative estimate of drug-likeness (QED) is 0.807. The fourth-order valence-corrected chi connectivity index (χ4v) is 3.72. The number of para-hydroxylation sites is 1. The molecule has 0 aliphatic heterocycles. The number of amides is 1. The van der Waals surface area contributed by atoms with Gasteiger partial charge in [0, 0.05) is 0 Å². The Morgan fingerprint density at radius 2 is 1.77 bits per heavy atom. The van der Waals surface area contributed by atoms with Gasteiger partial charge in [-0.15, -0.1) is 0 Å². The molecule has 1 unspecified atom stereocenters. The monoisotopic (exact) mass is 380 g/mol. The molecule has 0 saturated heterocycles. The second-order valence-electron chi connectivity index (χ2n) is 5.90. The molecule has 1 amide bonds. The number of anilines is 1. The number of halogens is 1. The topological polar surface area (TPSA) is 84.5 Å². The van der Waals surface area contributed by atoms with Gasteiger partial charge in [-0.3, -0.25) is 4.79 Å². The highest BCUT2D eigenvalue weighted by molar-refractivity contribution is 7.89. The van der Waals surface area contributed by atoms with Crippen LogP contribution in [-0.4, -0.2) is 27.5 Å². The minimum absolute atomic E-state index is 0.0210. The van der Waals surface area contributed by atoms with E-state index >= 15 is 0 Å². The molecule has 2 aromatic rings. The number of sulfonamides is 1. The van der Waals surface area contributed by atoms with Crippen LogP contribution >= 0.6 is 0 Å². The molecule has 0 radical (unpaired) electrons. The van der Waals surface area contributed by atoms with E-state index in [0.29, 0.717) is 0 Å². The third kappa shape index (κ3) is 4.39. The van der Waals surface area contributed by atoms with Gasteiger partial charge in [-0.05, 0) is 56.2 Å². The van der Waals surface area contributed by atoms with Crippen LogP contribution in [-0.2, 0) is 14.8 Å². The minimum Gasteiger partial charge on any atom is -0.495 e. The third-order valence-corrected chi connectivity index (χ3v) is 5.49. The highest BCUT2D eigenvalue weighted by Crippen LogP contribution is 2.27. The summed E-state index contributed by atoms with van der Waals surface area (Å²) >= 11 is 0. The summed E-state index contributed by atoms with van der Waals surface area (Å²) in [7, 11) is -2.65. The normalized spacial score (nSPS) is 12.5. The second-order valence-corrected chi connectivity index (χ2v) is 7.58. The van der Waals surface area contributed by atoms with Crippen molar-refractivity contribution in [3.8, 4) is 5.75 Å². The average Bonchev–Trinajstić information content (AvgIpc) is 2.58. The van der Waals surface area contributed by atoms with Gasteiger partial charge < -0.3 is 10.1 Å². The number of hydrogen-bond donors (Lipinski definition) is 2. The summed E-state index contributed by atoms with van der Waals surface area (Å²) in [4.78, 5) is 12.2. The standard InChI is InChI=1S/C18H21FN2O4S/c1-11-9-16(25-4)17(10-12(11)2)26(23,24)21-13(3)18(22)20-15-8-6-5-7-14(15)19/h5-10,13,21H,1-4H3,(H,20,22). The number of carbonyl (C=O) groups excluding carboxylic acids is 1. The molecule has 0 fully saturated rings. The molecule has 0 bridgehead atoms. The number of ether oxygens (including phenoxy) is 1. The maximum atomic E-state index is 13.6. The summed E-state index contributed by atoms with van der Waals surface area (Å²) in [5, 5.41) is 2.36. The zero-order valence-electron chi connectivity index (χ0n) is 15.0. The van der Waals surface area contributed by atoms with Gasteiger partial charge in [-0.1, -0.05) is 12.1 Å². The predicted octanol–water partition coefficient (Wildman–Crippen LogP) is 2.76. The molecule has 2 N–H and O–H groups in total. The van der Waals surface area contributed by atoms with Crippen molar-refractivity contribution in [3.05, 3.63) is 53.3 Å². The van der Waals surface area contributed by atoms with E-state index in [2.05, 4.69) is 10.0 Å². The lowest BCUT2D eigenvalue weighted by atomic mass is 10.1. The Bertz CT molecular complexity index is 929. The van der Waals surface area contributed by atoms with Crippen LogP contribution in [0.5, 0.6) is 5.75 Å². The smallest absolute Gasteiger partial charge is 0.244 e. The predicted molar refractivity (Wildman–Crippen MR) is 97.3 cm³/mol. The first kappa shape index (κ1) is 19.9. The molecule has 0 saturated carbocycles. The highest BCUT2D eigenvalue weighted by atomic mass is 32.2. The lowest BCUT2D eigenvalue weighted by molar-refractivity contribution is -0.117. The summed E-state index contributed by atoms with van der Waals surface area (Å²) in [6.45, 7) is 5.00. The number of benzene rings is 2. The van der Waals surface area contributed by atoms with Crippen molar-refractivity contribution in [2.24, 2.45) is 0 Å². The Labute approximate surface area is 152 Å². The Morgan fingerprint density at radius 1 is 1.15 bits per heavy atom. The molecule has 1 atom stereocenters. The van der Waals surface area contributed by atoms with Crippen LogP contribution in [0.25, 0.3) is 0 Å². The first-order chi connectivity index (χ1) is 12.2. The van der Waals surface area contributed by atoms with E-state index < -0.39 is 27.8 Å². The van der Waals surface area contributed by atoms with Gasteiger partial charge in [0.1, 0.15) is 16.5 Å². The molecule has 0 aliphatic rings. The molecule has 26 heavy (non-hydrogen) atoms. The van der Waals surface area contributed by atoms with Crippen molar-refractivity contribution in [2.45, 2.75) is 31.7 Å². The van der Waals surface area contributed by atoms with Crippen LogP contribution in [0.3, 0.4) is 0 Å². The molecule has 0 heterocycles. The first-order valence-corrected chi connectivity index (χ1v) is 9.37. The van der Waals surface area contributed by atoms with Crippen molar-refractivity contribution >= 4 is 21.6 Å². The van der Waals surface area contributed by atoms with Crippen LogP contribution in [0, 0.1) is 19.7 Å². The van der Waals surface area contributed by atoms with Gasteiger partial charge in [0.2, 0.25) is 15.9 Å². The van der Waals surface area contributed by atoms with Crippen molar-refractivity contribution in [2.75, 3.05) is 12.4 Å².